The molecule has 2 aromatic heterocycles. The Balaban J connectivity index is 1.64. The van der Waals surface area contributed by atoms with E-state index in [0.717, 1.165) is 10.9 Å². The summed E-state index contributed by atoms with van der Waals surface area (Å²) < 4.78 is 10.7. The number of nitro groups is 1. The van der Waals surface area contributed by atoms with Gasteiger partial charge >= 0.3 is 5.97 Å². The van der Waals surface area contributed by atoms with Gasteiger partial charge in [0.05, 0.1) is 20.4 Å². The number of hydrogen-bond donors (Lipinski definition) is 1. The van der Waals surface area contributed by atoms with Gasteiger partial charge in [-0.05, 0) is 23.4 Å². The Morgan fingerprint density at radius 2 is 2.13 bits per heavy atom. The van der Waals surface area contributed by atoms with Crippen LogP contribution >= 0.6 is 22.9 Å². The molecule has 31 heavy (non-hydrogen) atoms. The second-order valence-corrected chi connectivity index (χ2v) is 8.20. The Morgan fingerprint density at radius 3 is 2.74 bits per heavy atom. The average molecular weight is 464 g/mol. The molecule has 1 atom stereocenters. The SMILES string of the molecule is CC(C)C(NC(=O)c1ccc([N+](=O)[O-])cc1Cl)C(=O)OCc1coc(-c2cccs2)n1. The van der Waals surface area contributed by atoms with Crippen molar-refractivity contribution in [2.75, 3.05) is 0 Å². The lowest BCUT2D eigenvalue weighted by molar-refractivity contribution is -0.384. The molecule has 0 aliphatic carbocycles. The number of aromatic nitrogens is 1. The van der Waals surface area contributed by atoms with Crippen LogP contribution in [0.3, 0.4) is 0 Å². The standard InChI is InChI=1S/C20H18ClN3O6S/c1-11(2)17(23-18(25)14-6-5-13(24(27)28)8-15(14)21)20(26)30-10-12-9-29-19(22-12)16-4-3-7-31-16/h3-9,11,17H,10H2,1-2H3,(H,23,25). The number of non-ortho nitro benzene ring substituents is 1. The molecule has 0 fully saturated rings. The summed E-state index contributed by atoms with van der Waals surface area (Å²) in [6.07, 6.45) is 1.40. The van der Waals surface area contributed by atoms with Crippen molar-refractivity contribution >= 4 is 40.5 Å². The van der Waals surface area contributed by atoms with E-state index in [4.69, 9.17) is 20.8 Å². The van der Waals surface area contributed by atoms with E-state index < -0.39 is 22.8 Å². The lowest BCUT2D eigenvalue weighted by Crippen LogP contribution is -2.45. The number of oxazole rings is 1. The van der Waals surface area contributed by atoms with Crippen molar-refractivity contribution in [1.29, 1.82) is 0 Å². The van der Waals surface area contributed by atoms with Gasteiger partial charge in [-0.3, -0.25) is 14.9 Å². The first kappa shape index (κ1) is 22.4. The van der Waals surface area contributed by atoms with Gasteiger partial charge in [-0.15, -0.1) is 11.3 Å². The Kier molecular flexibility index (Phi) is 7.03. The van der Waals surface area contributed by atoms with E-state index in [1.165, 1.54) is 29.7 Å². The zero-order valence-corrected chi connectivity index (χ0v) is 18.1. The number of hydrogen-bond acceptors (Lipinski definition) is 8. The molecule has 2 heterocycles. The van der Waals surface area contributed by atoms with Gasteiger partial charge in [0.2, 0.25) is 5.89 Å². The second kappa shape index (κ2) is 9.71. The summed E-state index contributed by atoms with van der Waals surface area (Å²) in [6, 6.07) is 6.26. The highest BCUT2D eigenvalue weighted by Gasteiger charge is 2.27. The fourth-order valence-corrected chi connectivity index (χ4v) is 3.56. The van der Waals surface area contributed by atoms with E-state index in [1.54, 1.807) is 13.8 Å². The van der Waals surface area contributed by atoms with Crippen molar-refractivity contribution in [3.8, 4) is 10.8 Å². The topological polar surface area (TPSA) is 125 Å². The number of nitrogens with one attached hydrogen (secondary N) is 1. The first-order valence-electron chi connectivity index (χ1n) is 9.16. The normalized spacial score (nSPS) is 11.9. The van der Waals surface area contributed by atoms with Gasteiger partial charge in [0.25, 0.3) is 11.6 Å². The highest BCUT2D eigenvalue weighted by molar-refractivity contribution is 7.13. The summed E-state index contributed by atoms with van der Waals surface area (Å²) in [5.41, 5.74) is 0.211. The first-order valence-corrected chi connectivity index (χ1v) is 10.4. The van der Waals surface area contributed by atoms with Gasteiger partial charge in [-0.25, -0.2) is 9.78 Å². The summed E-state index contributed by atoms with van der Waals surface area (Å²) >= 11 is 7.47. The first-order chi connectivity index (χ1) is 14.8. The van der Waals surface area contributed by atoms with E-state index >= 15 is 0 Å². The number of carbonyl (C=O) groups excluding carboxylic acids is 2. The molecule has 0 radical (unpaired) electrons. The van der Waals surface area contributed by atoms with Crippen molar-refractivity contribution in [2.24, 2.45) is 5.92 Å². The van der Waals surface area contributed by atoms with Crippen molar-refractivity contribution < 1.29 is 23.7 Å². The monoisotopic (exact) mass is 463 g/mol. The Hall–Kier alpha value is -3.24. The van der Waals surface area contributed by atoms with Crippen LogP contribution in [-0.2, 0) is 16.1 Å². The maximum atomic E-state index is 12.6. The number of esters is 1. The van der Waals surface area contributed by atoms with Gasteiger partial charge in [-0.1, -0.05) is 31.5 Å². The van der Waals surface area contributed by atoms with E-state index in [-0.39, 0.29) is 28.8 Å². The third kappa shape index (κ3) is 5.47. The van der Waals surface area contributed by atoms with Crippen molar-refractivity contribution in [2.45, 2.75) is 26.5 Å². The second-order valence-electron chi connectivity index (χ2n) is 6.85. The van der Waals surface area contributed by atoms with Crippen LogP contribution in [0.2, 0.25) is 5.02 Å². The molecule has 0 bridgehead atoms. The molecular weight excluding hydrogens is 446 g/mol. The van der Waals surface area contributed by atoms with Crippen LogP contribution in [0.1, 0.15) is 29.9 Å². The van der Waals surface area contributed by atoms with Gasteiger partial charge in [0.1, 0.15) is 24.6 Å². The molecule has 0 spiro atoms. The molecule has 1 unspecified atom stereocenters. The zero-order chi connectivity index (χ0) is 22.5. The van der Waals surface area contributed by atoms with Crippen LogP contribution in [0.4, 0.5) is 5.69 Å². The summed E-state index contributed by atoms with van der Waals surface area (Å²) in [6.45, 7) is 3.37. The predicted molar refractivity (Wildman–Crippen MR) is 114 cm³/mol. The van der Waals surface area contributed by atoms with Crippen LogP contribution in [0.25, 0.3) is 10.8 Å². The molecular formula is C20H18ClN3O6S. The third-order valence-corrected chi connectivity index (χ3v) is 5.43. The molecule has 162 valence electrons. The molecule has 0 saturated heterocycles. The van der Waals surface area contributed by atoms with Crippen LogP contribution < -0.4 is 5.32 Å². The quantitative estimate of drug-likeness (QED) is 0.297. The van der Waals surface area contributed by atoms with Crippen molar-refractivity contribution in [1.82, 2.24) is 10.3 Å². The van der Waals surface area contributed by atoms with Crippen LogP contribution in [0, 0.1) is 16.0 Å². The number of amides is 1. The van der Waals surface area contributed by atoms with Gasteiger partial charge in [-0.2, -0.15) is 0 Å². The lowest BCUT2D eigenvalue weighted by Gasteiger charge is -2.21. The molecule has 11 heteroatoms. The highest BCUT2D eigenvalue weighted by atomic mass is 35.5. The number of benzene rings is 1. The van der Waals surface area contributed by atoms with Gasteiger partial charge < -0.3 is 14.5 Å². The van der Waals surface area contributed by atoms with Crippen molar-refractivity contribution in [3.05, 3.63) is 68.4 Å². The molecule has 0 saturated carbocycles. The zero-order valence-electron chi connectivity index (χ0n) is 16.5. The van der Waals surface area contributed by atoms with Gasteiger partial charge in [0, 0.05) is 12.1 Å². The molecule has 9 nitrogen and oxygen atoms in total. The number of thiophene rings is 1. The molecule has 0 aliphatic rings. The number of carbonyl (C=O) groups is 2. The summed E-state index contributed by atoms with van der Waals surface area (Å²) in [7, 11) is 0. The maximum absolute atomic E-state index is 12.6. The van der Waals surface area contributed by atoms with E-state index in [9.17, 15) is 19.7 Å². The Morgan fingerprint density at radius 1 is 1.35 bits per heavy atom. The predicted octanol–water partition coefficient (Wildman–Crippen LogP) is 4.46. The lowest BCUT2D eigenvalue weighted by atomic mass is 10.0. The van der Waals surface area contributed by atoms with Gasteiger partial charge in [0.15, 0.2) is 0 Å². The molecule has 1 N–H and O–H groups in total. The highest BCUT2D eigenvalue weighted by Crippen LogP contribution is 2.24. The molecule has 3 aromatic rings. The minimum absolute atomic E-state index is 0.0165. The summed E-state index contributed by atoms with van der Waals surface area (Å²) in [5, 5.41) is 15.2. The number of nitrogens with zero attached hydrogens (tertiary/aromatic N) is 2. The number of nitro benzene ring substituents is 1. The summed E-state index contributed by atoms with van der Waals surface area (Å²) in [4.78, 5) is 40.5. The molecule has 3 rings (SSSR count). The minimum Gasteiger partial charge on any atom is -0.458 e. The smallest absolute Gasteiger partial charge is 0.329 e. The minimum atomic E-state index is -0.956. The molecule has 0 aliphatic heterocycles. The third-order valence-electron chi connectivity index (χ3n) is 4.26. The number of halogens is 1. The molecule has 1 amide bonds. The maximum Gasteiger partial charge on any atom is 0.329 e. The van der Waals surface area contributed by atoms with Crippen molar-refractivity contribution in [3.63, 3.8) is 0 Å². The summed E-state index contributed by atoms with van der Waals surface area (Å²) in [5.74, 6) is -1.14. The number of rotatable bonds is 8. The molecule has 1 aromatic carbocycles. The Labute approximate surface area is 186 Å². The van der Waals surface area contributed by atoms with Crippen LogP contribution in [-0.4, -0.2) is 27.8 Å². The Bertz CT molecular complexity index is 1100. The number of ether oxygens (including phenoxy) is 1. The van der Waals surface area contributed by atoms with E-state index in [2.05, 4.69) is 10.3 Å². The van der Waals surface area contributed by atoms with Crippen LogP contribution in [0.15, 0.2) is 46.4 Å². The fourth-order valence-electron chi connectivity index (χ4n) is 2.64. The fraction of sp³-hybridized carbons (Fsp3) is 0.250. The van der Waals surface area contributed by atoms with Crippen LogP contribution in [0.5, 0.6) is 0 Å². The largest absolute Gasteiger partial charge is 0.458 e. The van der Waals surface area contributed by atoms with E-state index in [1.807, 2.05) is 17.5 Å². The van der Waals surface area contributed by atoms with E-state index in [0.29, 0.717) is 11.6 Å². The average Bonchev–Trinajstić information content (AvgIpc) is 3.41.